The van der Waals surface area contributed by atoms with Crippen molar-refractivity contribution in [2.45, 2.75) is 53.1 Å². The van der Waals surface area contributed by atoms with Crippen molar-refractivity contribution in [1.82, 2.24) is 10.2 Å². The maximum atomic E-state index is 13.1. The Balaban J connectivity index is 2.14. The monoisotopic (exact) mass is 426 g/mol. The molecule has 0 aliphatic carbocycles. The number of ether oxygens (including phenoxy) is 2. The van der Waals surface area contributed by atoms with Gasteiger partial charge in [-0.1, -0.05) is 37.6 Å². The van der Waals surface area contributed by atoms with E-state index >= 15 is 0 Å². The number of hydrogen-bond donors (Lipinski definition) is 1. The van der Waals surface area contributed by atoms with E-state index in [1.54, 1.807) is 18.9 Å². The lowest BCUT2D eigenvalue weighted by atomic mass is 10.1. The van der Waals surface area contributed by atoms with E-state index in [4.69, 9.17) is 9.47 Å². The number of methoxy groups -OCH3 is 1. The van der Waals surface area contributed by atoms with Crippen molar-refractivity contribution in [3.05, 3.63) is 59.2 Å². The minimum Gasteiger partial charge on any atom is -0.497 e. The largest absolute Gasteiger partial charge is 0.497 e. The second-order valence-electron chi connectivity index (χ2n) is 7.75. The smallest absolute Gasteiger partial charge is 0.261 e. The lowest BCUT2D eigenvalue weighted by molar-refractivity contribution is -0.142. The van der Waals surface area contributed by atoms with Crippen LogP contribution in [-0.4, -0.2) is 43.0 Å². The Labute approximate surface area is 185 Å². The van der Waals surface area contributed by atoms with Crippen LogP contribution in [0.15, 0.2) is 42.5 Å². The minimum absolute atomic E-state index is 0.132. The number of amides is 2. The highest BCUT2D eigenvalue weighted by Gasteiger charge is 2.26. The van der Waals surface area contributed by atoms with E-state index in [1.807, 2.05) is 56.3 Å². The van der Waals surface area contributed by atoms with Gasteiger partial charge in [0.05, 0.1) is 7.11 Å². The van der Waals surface area contributed by atoms with Crippen LogP contribution in [0.5, 0.6) is 11.5 Å². The molecule has 0 saturated carbocycles. The molecule has 2 rings (SSSR count). The van der Waals surface area contributed by atoms with Crippen LogP contribution in [0, 0.1) is 13.8 Å². The SMILES string of the molecule is CCCCNC(=O)[C@@H](C)N(Cc1ccc(OC)cc1)C(=O)COc1cc(C)ccc1C. The average Bonchev–Trinajstić information content (AvgIpc) is 2.77. The van der Waals surface area contributed by atoms with Gasteiger partial charge in [-0.2, -0.15) is 0 Å². The molecule has 0 heterocycles. The summed E-state index contributed by atoms with van der Waals surface area (Å²) in [5, 5.41) is 2.92. The summed E-state index contributed by atoms with van der Waals surface area (Å²) >= 11 is 0. The zero-order valence-electron chi connectivity index (χ0n) is 19.2. The summed E-state index contributed by atoms with van der Waals surface area (Å²) in [5.41, 5.74) is 2.94. The molecular weight excluding hydrogens is 392 g/mol. The lowest BCUT2D eigenvalue weighted by Gasteiger charge is -2.29. The van der Waals surface area contributed by atoms with Crippen LogP contribution in [0.2, 0.25) is 0 Å². The Bertz CT molecular complexity index is 864. The van der Waals surface area contributed by atoms with Crippen molar-refractivity contribution in [1.29, 1.82) is 0 Å². The van der Waals surface area contributed by atoms with Crippen molar-refractivity contribution in [2.75, 3.05) is 20.3 Å². The number of nitrogens with one attached hydrogen (secondary N) is 1. The highest BCUT2D eigenvalue weighted by molar-refractivity contribution is 5.88. The molecule has 31 heavy (non-hydrogen) atoms. The quantitative estimate of drug-likeness (QED) is 0.551. The van der Waals surface area contributed by atoms with Crippen LogP contribution >= 0.6 is 0 Å². The van der Waals surface area contributed by atoms with Crippen molar-refractivity contribution in [2.24, 2.45) is 0 Å². The number of unbranched alkanes of at least 4 members (excludes halogenated alkanes) is 1. The van der Waals surface area contributed by atoms with Gasteiger partial charge in [-0.05, 0) is 62.1 Å². The molecule has 0 unspecified atom stereocenters. The first-order valence-corrected chi connectivity index (χ1v) is 10.8. The summed E-state index contributed by atoms with van der Waals surface area (Å²) in [7, 11) is 1.61. The predicted octanol–water partition coefficient (Wildman–Crippen LogP) is 4.02. The Morgan fingerprint density at radius 2 is 1.81 bits per heavy atom. The first kappa shape index (κ1) is 24.3. The topological polar surface area (TPSA) is 67.9 Å². The van der Waals surface area contributed by atoms with Gasteiger partial charge in [0.15, 0.2) is 6.61 Å². The fraction of sp³-hybridized carbons (Fsp3) is 0.440. The van der Waals surface area contributed by atoms with E-state index in [-0.39, 0.29) is 18.4 Å². The Hall–Kier alpha value is -3.02. The van der Waals surface area contributed by atoms with Gasteiger partial charge < -0.3 is 19.7 Å². The highest BCUT2D eigenvalue weighted by Crippen LogP contribution is 2.20. The third kappa shape index (κ3) is 7.31. The normalized spacial score (nSPS) is 11.5. The summed E-state index contributed by atoms with van der Waals surface area (Å²) in [4.78, 5) is 27.3. The fourth-order valence-corrected chi connectivity index (χ4v) is 3.13. The Morgan fingerprint density at radius 1 is 1.10 bits per heavy atom. The molecule has 2 aromatic carbocycles. The second kappa shape index (κ2) is 12.0. The van der Waals surface area contributed by atoms with Gasteiger partial charge in [-0.25, -0.2) is 0 Å². The van der Waals surface area contributed by atoms with Crippen molar-refractivity contribution >= 4 is 11.8 Å². The molecule has 2 amide bonds. The molecule has 0 fully saturated rings. The number of carbonyl (C=O) groups excluding carboxylic acids is 2. The molecule has 0 aliphatic heterocycles. The molecule has 0 aliphatic rings. The van der Waals surface area contributed by atoms with Gasteiger partial charge in [0, 0.05) is 13.1 Å². The maximum absolute atomic E-state index is 13.1. The standard InChI is InChI=1S/C25H34N2O4/c1-6-7-14-26-25(29)20(4)27(16-21-10-12-22(30-5)13-11-21)24(28)17-31-23-15-18(2)8-9-19(23)3/h8-13,15,20H,6-7,14,16-17H2,1-5H3,(H,26,29)/t20-/m1/s1. The van der Waals surface area contributed by atoms with E-state index in [2.05, 4.69) is 12.2 Å². The van der Waals surface area contributed by atoms with Crippen LogP contribution in [-0.2, 0) is 16.1 Å². The molecule has 168 valence electrons. The minimum atomic E-state index is -0.617. The summed E-state index contributed by atoms with van der Waals surface area (Å²) in [6, 6.07) is 12.7. The number of nitrogens with zero attached hydrogens (tertiary/aromatic N) is 1. The van der Waals surface area contributed by atoms with Crippen molar-refractivity contribution in [3.8, 4) is 11.5 Å². The van der Waals surface area contributed by atoms with Gasteiger partial charge >= 0.3 is 0 Å². The Morgan fingerprint density at radius 3 is 2.45 bits per heavy atom. The van der Waals surface area contributed by atoms with Gasteiger partial charge in [-0.3, -0.25) is 9.59 Å². The maximum Gasteiger partial charge on any atom is 0.261 e. The third-order valence-corrected chi connectivity index (χ3v) is 5.20. The Kier molecular flexibility index (Phi) is 9.38. The van der Waals surface area contributed by atoms with Crippen LogP contribution in [0.3, 0.4) is 0 Å². The van der Waals surface area contributed by atoms with E-state index < -0.39 is 6.04 Å². The predicted molar refractivity (Wildman–Crippen MR) is 122 cm³/mol. The lowest BCUT2D eigenvalue weighted by Crippen LogP contribution is -2.49. The molecule has 0 saturated heterocycles. The summed E-state index contributed by atoms with van der Waals surface area (Å²) in [6.45, 7) is 8.52. The zero-order valence-corrected chi connectivity index (χ0v) is 19.2. The summed E-state index contributed by atoms with van der Waals surface area (Å²) < 4.78 is 11.0. The van der Waals surface area contributed by atoms with E-state index in [1.165, 1.54) is 0 Å². The van der Waals surface area contributed by atoms with Gasteiger partial charge in [-0.15, -0.1) is 0 Å². The molecular formula is C25H34N2O4. The molecule has 0 aromatic heterocycles. The van der Waals surface area contributed by atoms with Gasteiger partial charge in [0.25, 0.3) is 5.91 Å². The average molecular weight is 427 g/mol. The van der Waals surface area contributed by atoms with Gasteiger partial charge in [0.2, 0.25) is 5.91 Å². The van der Waals surface area contributed by atoms with Crippen LogP contribution < -0.4 is 14.8 Å². The van der Waals surface area contributed by atoms with E-state index in [0.29, 0.717) is 18.8 Å². The van der Waals surface area contributed by atoms with Crippen molar-refractivity contribution in [3.63, 3.8) is 0 Å². The number of aryl methyl sites for hydroxylation is 2. The third-order valence-electron chi connectivity index (χ3n) is 5.20. The molecule has 6 heteroatoms. The summed E-state index contributed by atoms with van der Waals surface area (Å²) in [5.74, 6) is 1.01. The molecule has 2 aromatic rings. The molecule has 0 radical (unpaired) electrons. The first-order chi connectivity index (χ1) is 14.8. The van der Waals surface area contributed by atoms with Gasteiger partial charge in [0.1, 0.15) is 17.5 Å². The number of rotatable bonds is 11. The number of hydrogen-bond acceptors (Lipinski definition) is 4. The highest BCUT2D eigenvalue weighted by atomic mass is 16.5. The molecule has 0 spiro atoms. The number of benzene rings is 2. The van der Waals surface area contributed by atoms with Crippen molar-refractivity contribution < 1.29 is 19.1 Å². The first-order valence-electron chi connectivity index (χ1n) is 10.8. The van der Waals surface area contributed by atoms with Crippen LogP contribution in [0.25, 0.3) is 0 Å². The van der Waals surface area contributed by atoms with E-state index in [0.717, 1.165) is 35.3 Å². The molecule has 6 nitrogen and oxygen atoms in total. The second-order valence-corrected chi connectivity index (χ2v) is 7.75. The molecule has 0 bridgehead atoms. The number of carbonyl (C=O) groups is 2. The van der Waals surface area contributed by atoms with E-state index in [9.17, 15) is 9.59 Å². The zero-order chi connectivity index (χ0) is 22.8. The fourth-order valence-electron chi connectivity index (χ4n) is 3.13. The summed E-state index contributed by atoms with van der Waals surface area (Å²) in [6.07, 6.45) is 1.90. The molecule has 1 N–H and O–H groups in total. The van der Waals surface area contributed by atoms with Crippen LogP contribution in [0.4, 0.5) is 0 Å². The molecule has 1 atom stereocenters. The van der Waals surface area contributed by atoms with Crippen LogP contribution in [0.1, 0.15) is 43.4 Å².